The molecule has 0 aliphatic rings. The molecule has 0 atom stereocenters. The van der Waals surface area contributed by atoms with Gasteiger partial charge in [0, 0.05) is 43.7 Å². The molecule has 8 aromatic carbocycles. The van der Waals surface area contributed by atoms with Gasteiger partial charge in [-0.05, 0) is 83.7 Å². The van der Waals surface area contributed by atoms with Crippen molar-refractivity contribution in [3.8, 4) is 28.2 Å². The predicted molar refractivity (Wildman–Crippen MR) is 215 cm³/mol. The fourth-order valence-corrected chi connectivity index (χ4v) is 6.84. The van der Waals surface area contributed by atoms with Crippen LogP contribution in [0.15, 0.2) is 188 Å². The summed E-state index contributed by atoms with van der Waals surface area (Å²) in [6.45, 7) is 0. The molecule has 11 aromatic rings. The Morgan fingerprint density at radius 1 is 0.333 bits per heavy atom. The average Bonchev–Trinajstić information content (AvgIpc) is 4.05. The highest BCUT2D eigenvalue weighted by Crippen LogP contribution is 2.41. The first kappa shape index (κ1) is 14.2. The van der Waals surface area contributed by atoms with Gasteiger partial charge in [-0.2, -0.15) is 0 Å². The van der Waals surface area contributed by atoms with Gasteiger partial charge in [0.2, 0.25) is 0 Å². The standard InChI is InChI=1S/C48H31N3/c1-3-14-34(15-4-1)49-42-22-10-8-19-37(42)40-30-32(26-28-45(40)49)33-27-29-46-41(31-33)38-20-9-12-24-44(38)51(46)47-25-13-21-39-36-18-7-11-23-43(36)50(48(39)47)35-16-5-2-6-17-35/h1-31H/i2D,7D,8D,9D,10D,11D,12D,13D,18D,19D,20D,21D,22D,23D,24D,25D,26D,27D,28D,29D,30D,31D. The van der Waals surface area contributed by atoms with Crippen LogP contribution in [-0.2, 0) is 0 Å². The Hall–Kier alpha value is -6.84. The van der Waals surface area contributed by atoms with Crippen LogP contribution in [0.25, 0.3) is 93.6 Å². The zero-order chi connectivity index (χ0) is 52.6. The molecule has 0 saturated carbocycles. The lowest BCUT2D eigenvalue weighted by molar-refractivity contribution is 1.13. The molecule has 3 heteroatoms. The van der Waals surface area contributed by atoms with E-state index in [0.29, 0.717) is 5.69 Å². The fourth-order valence-electron chi connectivity index (χ4n) is 6.84. The van der Waals surface area contributed by atoms with Crippen molar-refractivity contribution in [3.05, 3.63) is 188 Å². The lowest BCUT2D eigenvalue weighted by Crippen LogP contribution is -2.00. The van der Waals surface area contributed by atoms with Crippen LogP contribution >= 0.6 is 0 Å². The largest absolute Gasteiger partial charge is 0.309 e. The van der Waals surface area contributed by atoms with Crippen LogP contribution in [-0.4, -0.2) is 13.7 Å². The first-order valence-electron chi connectivity index (χ1n) is 26.7. The Labute approximate surface area is 325 Å². The molecule has 238 valence electrons. The molecule has 0 saturated heterocycles. The molecular formula is C48H31N3. The van der Waals surface area contributed by atoms with Crippen LogP contribution in [0, 0.1) is 0 Å². The molecule has 0 fully saturated rings. The van der Waals surface area contributed by atoms with Crippen molar-refractivity contribution in [1.82, 2.24) is 13.7 Å². The van der Waals surface area contributed by atoms with E-state index in [9.17, 15) is 15.1 Å². The minimum atomic E-state index is -0.886. The Kier molecular flexibility index (Phi) is 3.01. The summed E-state index contributed by atoms with van der Waals surface area (Å²) in [5.41, 5.74) is -3.12. The van der Waals surface area contributed by atoms with Crippen LogP contribution in [0.2, 0.25) is 0 Å². The van der Waals surface area contributed by atoms with E-state index < -0.39 is 166 Å². The molecule has 11 rings (SSSR count). The summed E-state index contributed by atoms with van der Waals surface area (Å²) >= 11 is 0. The van der Waals surface area contributed by atoms with E-state index in [1.54, 1.807) is 30.3 Å². The molecule has 0 radical (unpaired) electrons. The molecule has 0 spiro atoms. The van der Waals surface area contributed by atoms with Crippen molar-refractivity contribution in [2.24, 2.45) is 0 Å². The SMILES string of the molecule is [2H]c1ccc(-n2c3c([2H])c([2H])c([2H])c([2H])c3c3c([2H])c([2H])c([2H])c(-n4c5c([2H])c([2H])c([2H])c([2H])c5c5c([2H])c(-c6c([2H])c([2H])c7c(c6[2H])c6c([2H])c([2H])c([2H])c([2H])c6n7-c6ccccc6)c([2H])c([2H])c54)c32)cc1. The zero-order valence-corrected chi connectivity index (χ0v) is 26.0. The number of aromatic nitrogens is 3. The van der Waals surface area contributed by atoms with Gasteiger partial charge in [-0.1, -0.05) is 115 Å². The Bertz CT molecular complexity index is 4380. The summed E-state index contributed by atoms with van der Waals surface area (Å²) < 4.78 is 205. The summed E-state index contributed by atoms with van der Waals surface area (Å²) in [6, 6.07) is -1.30. The maximum absolute atomic E-state index is 10.0. The second-order valence-electron chi connectivity index (χ2n) is 11.7. The number of benzene rings is 8. The maximum Gasteiger partial charge on any atom is 0.0782 e. The molecule has 0 unspecified atom stereocenters. The number of para-hydroxylation sites is 6. The highest BCUT2D eigenvalue weighted by molar-refractivity contribution is 6.16. The number of fused-ring (bicyclic) bond motifs is 9. The van der Waals surface area contributed by atoms with Crippen molar-refractivity contribution in [3.63, 3.8) is 0 Å². The number of hydrogen-bond acceptors (Lipinski definition) is 0. The Balaban J connectivity index is 1.39. The second kappa shape index (κ2) is 10.8. The summed E-state index contributed by atoms with van der Waals surface area (Å²) in [7, 11) is 0. The van der Waals surface area contributed by atoms with Gasteiger partial charge in [-0.15, -0.1) is 0 Å². The smallest absolute Gasteiger partial charge is 0.0782 e. The van der Waals surface area contributed by atoms with Gasteiger partial charge in [0.15, 0.2) is 0 Å². The van der Waals surface area contributed by atoms with Crippen LogP contribution in [0.3, 0.4) is 0 Å². The topological polar surface area (TPSA) is 14.8 Å². The molecule has 3 aromatic heterocycles. The third-order valence-corrected chi connectivity index (χ3v) is 8.96. The van der Waals surface area contributed by atoms with Crippen LogP contribution in [0.1, 0.15) is 30.2 Å². The first-order chi connectivity index (χ1) is 34.5. The van der Waals surface area contributed by atoms with Gasteiger partial charge in [0.05, 0.1) is 68.9 Å². The third kappa shape index (κ3) is 4.06. The number of nitrogens with zero attached hydrogens (tertiary/aromatic N) is 3. The Morgan fingerprint density at radius 3 is 1.45 bits per heavy atom. The molecule has 3 nitrogen and oxygen atoms in total. The fraction of sp³-hybridized carbons (Fsp3) is 0. The van der Waals surface area contributed by atoms with Gasteiger partial charge < -0.3 is 13.7 Å². The summed E-state index contributed by atoms with van der Waals surface area (Å²) in [4.78, 5) is 0. The molecule has 0 bridgehead atoms. The summed E-state index contributed by atoms with van der Waals surface area (Å²) in [5.74, 6) is 0. The second-order valence-corrected chi connectivity index (χ2v) is 11.7. The van der Waals surface area contributed by atoms with E-state index >= 15 is 0 Å². The molecule has 0 amide bonds. The van der Waals surface area contributed by atoms with Gasteiger partial charge in [-0.25, -0.2) is 0 Å². The van der Waals surface area contributed by atoms with Gasteiger partial charge >= 0.3 is 0 Å². The molecular weight excluding hydrogens is 619 g/mol. The molecule has 3 heterocycles. The normalized spacial score (nSPS) is 18.0. The quantitative estimate of drug-likeness (QED) is 0.177. The van der Waals surface area contributed by atoms with Crippen LogP contribution < -0.4 is 0 Å². The number of rotatable bonds is 4. The zero-order valence-electron chi connectivity index (χ0n) is 48.0. The Morgan fingerprint density at radius 2 is 0.804 bits per heavy atom. The summed E-state index contributed by atoms with van der Waals surface area (Å²) in [6.07, 6.45) is 0. The van der Waals surface area contributed by atoms with Crippen molar-refractivity contribution < 1.29 is 30.2 Å². The van der Waals surface area contributed by atoms with E-state index in [2.05, 4.69) is 0 Å². The van der Waals surface area contributed by atoms with Crippen molar-refractivity contribution in [2.45, 2.75) is 0 Å². The van der Waals surface area contributed by atoms with Crippen LogP contribution in [0.5, 0.6) is 0 Å². The van der Waals surface area contributed by atoms with Crippen LogP contribution in [0.4, 0.5) is 0 Å². The molecule has 0 aliphatic carbocycles. The van der Waals surface area contributed by atoms with E-state index in [0.717, 1.165) is 4.57 Å². The minimum absolute atomic E-state index is 0.0381. The average molecular weight is 672 g/mol. The highest BCUT2D eigenvalue weighted by atomic mass is 15.1. The van der Waals surface area contributed by atoms with Gasteiger partial charge in [0.1, 0.15) is 0 Å². The summed E-state index contributed by atoms with van der Waals surface area (Å²) in [5, 5.41) is -1.97. The molecule has 0 aliphatic heterocycles. The van der Waals surface area contributed by atoms with Crippen molar-refractivity contribution in [2.75, 3.05) is 0 Å². The van der Waals surface area contributed by atoms with E-state index in [1.807, 2.05) is 0 Å². The first-order valence-corrected chi connectivity index (χ1v) is 15.7. The van der Waals surface area contributed by atoms with Gasteiger partial charge in [0.25, 0.3) is 0 Å². The minimum Gasteiger partial charge on any atom is -0.309 e. The van der Waals surface area contributed by atoms with E-state index in [1.165, 1.54) is 33.4 Å². The van der Waals surface area contributed by atoms with Crippen molar-refractivity contribution in [1.29, 1.82) is 0 Å². The molecule has 51 heavy (non-hydrogen) atoms. The highest BCUT2D eigenvalue weighted by Gasteiger charge is 2.20. The van der Waals surface area contributed by atoms with E-state index in [4.69, 9.17) is 15.1 Å². The van der Waals surface area contributed by atoms with Crippen molar-refractivity contribution >= 4 is 65.4 Å². The monoisotopic (exact) mass is 671 g/mol. The maximum atomic E-state index is 10.0. The van der Waals surface area contributed by atoms with Gasteiger partial charge in [-0.3, -0.25) is 0 Å². The molecule has 0 N–H and O–H groups in total. The number of hydrogen-bond donors (Lipinski definition) is 0. The predicted octanol–water partition coefficient (Wildman–Crippen LogP) is 12.6. The van der Waals surface area contributed by atoms with E-state index in [-0.39, 0.29) is 55.3 Å². The third-order valence-electron chi connectivity index (χ3n) is 8.96. The lowest BCUT2D eigenvalue weighted by atomic mass is 10.0. The lowest BCUT2D eigenvalue weighted by Gasteiger charge is -2.14.